The molecule has 1 heterocycles. The maximum atomic E-state index is 12.9. The molecule has 0 fully saturated rings. The Bertz CT molecular complexity index is 832. The molecule has 0 saturated heterocycles. The number of ketones is 1. The van der Waals surface area contributed by atoms with Gasteiger partial charge in [-0.2, -0.15) is 0 Å². The molecule has 1 aromatic carbocycles. The number of hydrogen-bond donors (Lipinski definition) is 0. The average Bonchev–Trinajstić information content (AvgIpc) is 2.96. The summed E-state index contributed by atoms with van der Waals surface area (Å²) in [5.74, 6) is 0.100. The van der Waals surface area contributed by atoms with E-state index in [9.17, 15) is 18.8 Å². The molecular formula is C19H20BrF2IN2O2. The number of alkyl halides is 3. The predicted molar refractivity (Wildman–Crippen MR) is 114 cm³/mol. The number of carbonyl (C=O) groups is 1. The number of carbonyl (C=O) groups excluding carboxylic acids is 1. The fourth-order valence-electron chi connectivity index (χ4n) is 2.48. The number of rotatable bonds is 8. The quantitative estimate of drug-likeness (QED) is 0.203. The summed E-state index contributed by atoms with van der Waals surface area (Å²) in [6, 6.07) is 5.58. The molecule has 0 saturated carbocycles. The second kappa shape index (κ2) is 9.75. The topological polar surface area (TPSA) is 53.3 Å². The fourth-order valence-corrected chi connectivity index (χ4v) is 8.98. The van der Waals surface area contributed by atoms with E-state index < -0.39 is 32.9 Å². The van der Waals surface area contributed by atoms with Crippen molar-refractivity contribution in [2.45, 2.75) is 13.3 Å². The standard InChI is InChI=1S/C19H20BrF2IN2O2/c1-4-23-15-9-14(20)17(27-11-18(21)22)8-13(15)7-16(23)19(26)12(10-24)5-6-25(2)3/h5,7-9,18H,4,6,11H2,1-3H3/b12-5+. The number of nitrogens with zero attached hydrogens (tertiary/aromatic N) is 2. The SMILES string of the molecule is CCI1C(C(=O)/C(C#N)=C/CN(C)C)=Cc2cc(OCC(F)F)c(Br)cc21. The van der Waals surface area contributed by atoms with E-state index in [2.05, 4.69) is 15.9 Å². The van der Waals surface area contributed by atoms with Gasteiger partial charge in [-0.15, -0.1) is 0 Å². The van der Waals surface area contributed by atoms with Crippen molar-refractivity contribution in [3.63, 3.8) is 0 Å². The average molecular weight is 553 g/mol. The van der Waals surface area contributed by atoms with Crippen LogP contribution >= 0.6 is 35.7 Å². The molecule has 0 spiro atoms. The summed E-state index contributed by atoms with van der Waals surface area (Å²) in [6.07, 6.45) is 0.884. The summed E-state index contributed by atoms with van der Waals surface area (Å²) in [5, 5.41) is 9.39. The van der Waals surface area contributed by atoms with E-state index in [0.717, 1.165) is 13.6 Å². The van der Waals surface area contributed by atoms with E-state index in [-0.39, 0.29) is 11.4 Å². The van der Waals surface area contributed by atoms with Gasteiger partial charge in [0.2, 0.25) is 0 Å². The molecule has 0 amide bonds. The fraction of sp³-hybridized carbons (Fsp3) is 0.368. The summed E-state index contributed by atoms with van der Waals surface area (Å²) in [6.45, 7) is 1.85. The molecular weight excluding hydrogens is 533 g/mol. The third kappa shape index (κ3) is 5.36. The molecule has 4 nitrogen and oxygen atoms in total. The van der Waals surface area contributed by atoms with Gasteiger partial charge in [-0.25, -0.2) is 0 Å². The van der Waals surface area contributed by atoms with Crippen molar-refractivity contribution in [1.82, 2.24) is 4.90 Å². The summed E-state index contributed by atoms with van der Waals surface area (Å²) in [4.78, 5) is 14.8. The second-order valence-electron chi connectivity index (χ2n) is 5.95. The molecule has 8 heteroatoms. The number of allylic oxidation sites excluding steroid dienone is 2. The van der Waals surface area contributed by atoms with Crippen LogP contribution in [0.15, 0.2) is 31.8 Å². The molecule has 0 unspecified atom stereocenters. The monoisotopic (exact) mass is 552 g/mol. The van der Waals surface area contributed by atoms with Crippen LogP contribution in [0.1, 0.15) is 12.5 Å². The van der Waals surface area contributed by atoms with Gasteiger partial charge in [0.15, 0.2) is 0 Å². The number of hydrogen-bond acceptors (Lipinski definition) is 4. The number of benzene rings is 1. The van der Waals surface area contributed by atoms with Gasteiger partial charge in [0, 0.05) is 0 Å². The van der Waals surface area contributed by atoms with Crippen LogP contribution in [0.25, 0.3) is 6.08 Å². The Hall–Kier alpha value is -1.31. The van der Waals surface area contributed by atoms with Crippen LogP contribution in [0.2, 0.25) is 0 Å². The van der Waals surface area contributed by atoms with Crippen molar-refractivity contribution in [3.8, 4) is 11.8 Å². The van der Waals surface area contributed by atoms with Crippen LogP contribution < -0.4 is 4.74 Å². The Kier molecular flexibility index (Phi) is 7.94. The molecule has 0 aliphatic carbocycles. The van der Waals surface area contributed by atoms with Gasteiger partial charge in [0.25, 0.3) is 0 Å². The molecule has 0 bridgehead atoms. The van der Waals surface area contributed by atoms with E-state index in [1.165, 1.54) is 0 Å². The Morgan fingerprint density at radius 2 is 2.15 bits per heavy atom. The number of fused-ring (bicyclic) bond motifs is 1. The third-order valence-corrected chi connectivity index (χ3v) is 10.4. The minimum absolute atomic E-state index is 0.145. The van der Waals surface area contributed by atoms with Crippen molar-refractivity contribution < 1.29 is 18.3 Å². The summed E-state index contributed by atoms with van der Waals surface area (Å²) in [7, 11) is 3.73. The number of likely N-dealkylation sites (N-methyl/N-ethyl adjacent to an activating group) is 1. The Morgan fingerprint density at radius 3 is 2.70 bits per heavy atom. The van der Waals surface area contributed by atoms with Gasteiger partial charge in [-0.3, -0.25) is 0 Å². The van der Waals surface area contributed by atoms with Crippen molar-refractivity contribution in [2.75, 3.05) is 31.7 Å². The number of halogens is 4. The van der Waals surface area contributed by atoms with E-state index in [1.807, 2.05) is 38.1 Å². The van der Waals surface area contributed by atoms with Crippen molar-refractivity contribution in [1.29, 1.82) is 5.26 Å². The molecule has 0 N–H and O–H groups in total. The molecule has 146 valence electrons. The number of ether oxygens (including phenoxy) is 1. The van der Waals surface area contributed by atoms with Crippen LogP contribution in [-0.2, 0) is 4.79 Å². The molecule has 27 heavy (non-hydrogen) atoms. The zero-order chi connectivity index (χ0) is 20.1. The molecule has 1 aromatic rings. The van der Waals surface area contributed by atoms with E-state index in [1.54, 1.807) is 18.2 Å². The zero-order valence-electron chi connectivity index (χ0n) is 15.2. The van der Waals surface area contributed by atoms with E-state index >= 15 is 0 Å². The first-order valence-corrected chi connectivity index (χ1v) is 12.7. The van der Waals surface area contributed by atoms with Gasteiger partial charge in [0.1, 0.15) is 0 Å². The summed E-state index contributed by atoms with van der Waals surface area (Å²) in [5.41, 5.74) is 0.967. The molecule has 1 aliphatic rings. The van der Waals surface area contributed by atoms with Crippen LogP contribution in [-0.4, -0.2) is 48.8 Å². The second-order valence-corrected chi connectivity index (χ2v) is 12.7. The Balaban J connectivity index is 2.37. The van der Waals surface area contributed by atoms with E-state index in [0.29, 0.717) is 20.3 Å². The Morgan fingerprint density at radius 1 is 1.44 bits per heavy atom. The van der Waals surface area contributed by atoms with Gasteiger partial charge >= 0.3 is 174 Å². The molecule has 1 aliphatic heterocycles. The van der Waals surface area contributed by atoms with Crippen molar-refractivity contribution in [2.24, 2.45) is 0 Å². The van der Waals surface area contributed by atoms with Gasteiger partial charge < -0.3 is 0 Å². The zero-order valence-corrected chi connectivity index (χ0v) is 19.0. The summed E-state index contributed by atoms with van der Waals surface area (Å²) < 4.78 is 33.2. The number of Topliss-reactive ketones (excluding diaryl/α,β-unsaturated/α-hetero) is 1. The predicted octanol–water partition coefficient (Wildman–Crippen LogP) is 4.72. The van der Waals surface area contributed by atoms with Gasteiger partial charge in [0.05, 0.1) is 0 Å². The van der Waals surface area contributed by atoms with Crippen LogP contribution in [0, 0.1) is 14.9 Å². The molecule has 0 radical (unpaired) electrons. The van der Waals surface area contributed by atoms with Gasteiger partial charge in [-0.05, 0) is 0 Å². The maximum absolute atomic E-state index is 12.9. The van der Waals surface area contributed by atoms with Crippen LogP contribution in [0.4, 0.5) is 8.78 Å². The van der Waals surface area contributed by atoms with E-state index in [4.69, 9.17) is 4.74 Å². The first-order valence-electron chi connectivity index (χ1n) is 8.20. The third-order valence-electron chi connectivity index (χ3n) is 3.70. The number of nitriles is 1. The Labute approximate surface area is 173 Å². The molecule has 0 aromatic heterocycles. The first-order chi connectivity index (χ1) is 12.8. The van der Waals surface area contributed by atoms with Crippen LogP contribution in [0.3, 0.4) is 0 Å². The van der Waals surface area contributed by atoms with Crippen molar-refractivity contribution >= 4 is 47.6 Å². The molecule has 2 rings (SSSR count). The van der Waals surface area contributed by atoms with Gasteiger partial charge in [-0.1, -0.05) is 0 Å². The first kappa shape index (κ1) is 22.0. The van der Waals surface area contributed by atoms with Crippen molar-refractivity contribution in [3.05, 3.63) is 41.0 Å². The van der Waals surface area contributed by atoms with Crippen LogP contribution in [0.5, 0.6) is 5.75 Å². The minimum atomic E-state index is -2.56. The molecule has 0 atom stereocenters. The summed E-state index contributed by atoms with van der Waals surface area (Å²) >= 11 is 1.40. The normalized spacial score (nSPS) is 15.0.